The Labute approximate surface area is 181 Å². The van der Waals surface area contributed by atoms with Gasteiger partial charge in [0.25, 0.3) is 5.91 Å². The molecule has 4 N–H and O–H groups in total. The van der Waals surface area contributed by atoms with Crippen LogP contribution in [-0.2, 0) is 11.4 Å². The van der Waals surface area contributed by atoms with Gasteiger partial charge in [-0.3, -0.25) is 24.9 Å². The number of nitrogens with one attached hydrogen (secondary N) is 2. The zero-order valence-electron chi connectivity index (χ0n) is 16.1. The van der Waals surface area contributed by atoms with Gasteiger partial charge in [-0.1, -0.05) is 11.8 Å². The highest BCUT2D eigenvalue weighted by molar-refractivity contribution is 7.99. The number of aromatic nitrogens is 2. The molecule has 0 saturated carbocycles. The molecule has 4 amide bonds. The van der Waals surface area contributed by atoms with E-state index in [4.69, 9.17) is 10.5 Å². The van der Waals surface area contributed by atoms with E-state index >= 15 is 0 Å². The normalized spacial score (nSPS) is 15.3. The van der Waals surface area contributed by atoms with Crippen LogP contribution < -0.4 is 21.1 Å². The van der Waals surface area contributed by atoms with E-state index < -0.39 is 23.9 Å². The first-order chi connectivity index (χ1) is 15.0. The molecule has 1 aliphatic rings. The second-order valence-electron chi connectivity index (χ2n) is 6.57. The van der Waals surface area contributed by atoms with Crippen molar-refractivity contribution in [2.45, 2.75) is 22.4 Å². The van der Waals surface area contributed by atoms with E-state index in [1.165, 1.54) is 18.0 Å². The lowest BCUT2D eigenvalue weighted by atomic mass is 10.1. The van der Waals surface area contributed by atoms with Gasteiger partial charge in [-0.2, -0.15) is 0 Å². The molecule has 0 aliphatic carbocycles. The summed E-state index contributed by atoms with van der Waals surface area (Å²) in [6.45, 7) is 0.156. The average molecular weight is 435 g/mol. The summed E-state index contributed by atoms with van der Waals surface area (Å²) in [7, 11) is 0. The van der Waals surface area contributed by atoms with Crippen LogP contribution in [0.4, 0.5) is 4.79 Å². The lowest BCUT2D eigenvalue weighted by Gasteiger charge is -2.13. The zero-order valence-corrected chi connectivity index (χ0v) is 16.9. The van der Waals surface area contributed by atoms with E-state index in [0.717, 1.165) is 9.79 Å². The van der Waals surface area contributed by atoms with Gasteiger partial charge in [-0.05, 0) is 36.4 Å². The molecular formula is C21H17N5O4S. The van der Waals surface area contributed by atoms with Crippen molar-refractivity contribution in [1.29, 1.82) is 0 Å². The molecule has 1 unspecified atom stereocenters. The third-order valence-corrected chi connectivity index (χ3v) is 5.61. The molecule has 2 aromatic heterocycles. The summed E-state index contributed by atoms with van der Waals surface area (Å²) >= 11 is 1.44. The molecule has 1 fully saturated rings. The van der Waals surface area contributed by atoms with Gasteiger partial charge in [-0.25, -0.2) is 4.79 Å². The van der Waals surface area contributed by atoms with Crippen molar-refractivity contribution in [3.63, 3.8) is 0 Å². The minimum atomic E-state index is -0.773. The molecule has 1 saturated heterocycles. The first-order valence-corrected chi connectivity index (χ1v) is 10.0. The fourth-order valence-corrected chi connectivity index (χ4v) is 3.96. The van der Waals surface area contributed by atoms with Gasteiger partial charge in [0.05, 0.1) is 0 Å². The number of pyridine rings is 2. The maximum atomic E-state index is 12.0. The number of urea groups is 1. The monoisotopic (exact) mass is 435 g/mol. The van der Waals surface area contributed by atoms with Crippen LogP contribution >= 0.6 is 11.8 Å². The standard InChI is InChI=1S/C21H17N5O4S/c22-19(27)15-5-7-23-9-12(15)11-30-13-1-3-14(4-2-13)31-17-6-8-24-10-16(17)18-20(28)26-21(29)25-18/h1-10,18H,11H2,(H2,22,27)(H2,25,26,28,29). The van der Waals surface area contributed by atoms with Crippen molar-refractivity contribution < 1.29 is 19.1 Å². The summed E-state index contributed by atoms with van der Waals surface area (Å²) in [5.41, 5.74) is 6.96. The third-order valence-electron chi connectivity index (χ3n) is 4.51. The maximum absolute atomic E-state index is 12.0. The van der Waals surface area contributed by atoms with Gasteiger partial charge < -0.3 is 15.8 Å². The molecular weight excluding hydrogens is 418 g/mol. The Bertz CT molecular complexity index is 1150. The number of hydrogen-bond acceptors (Lipinski definition) is 7. The molecule has 3 aromatic rings. The summed E-state index contributed by atoms with van der Waals surface area (Å²) < 4.78 is 5.75. The maximum Gasteiger partial charge on any atom is 0.322 e. The second kappa shape index (κ2) is 8.84. The van der Waals surface area contributed by atoms with Gasteiger partial charge in [0.1, 0.15) is 18.4 Å². The number of rotatable bonds is 7. The van der Waals surface area contributed by atoms with Crippen molar-refractivity contribution in [3.8, 4) is 5.75 Å². The van der Waals surface area contributed by atoms with E-state index in [9.17, 15) is 14.4 Å². The Morgan fingerprint density at radius 2 is 1.81 bits per heavy atom. The van der Waals surface area contributed by atoms with Gasteiger partial charge in [0.15, 0.2) is 0 Å². The fourth-order valence-electron chi connectivity index (χ4n) is 3.01. The average Bonchev–Trinajstić information content (AvgIpc) is 3.11. The van der Waals surface area contributed by atoms with Crippen LogP contribution in [0.2, 0.25) is 0 Å². The fraction of sp³-hybridized carbons (Fsp3) is 0.0952. The van der Waals surface area contributed by atoms with Crippen molar-refractivity contribution in [2.75, 3.05) is 0 Å². The van der Waals surface area contributed by atoms with Crippen LogP contribution in [0.15, 0.2) is 71.0 Å². The van der Waals surface area contributed by atoms with Gasteiger partial charge in [0, 0.05) is 51.3 Å². The second-order valence-corrected chi connectivity index (χ2v) is 7.68. The van der Waals surface area contributed by atoms with Crippen molar-refractivity contribution >= 4 is 29.6 Å². The minimum Gasteiger partial charge on any atom is -0.489 e. The summed E-state index contributed by atoms with van der Waals surface area (Å²) in [5, 5.41) is 4.82. The van der Waals surface area contributed by atoms with Gasteiger partial charge >= 0.3 is 6.03 Å². The van der Waals surface area contributed by atoms with Crippen LogP contribution in [0.3, 0.4) is 0 Å². The van der Waals surface area contributed by atoms with Crippen molar-refractivity contribution in [1.82, 2.24) is 20.6 Å². The highest BCUT2D eigenvalue weighted by atomic mass is 32.2. The molecule has 0 spiro atoms. The largest absolute Gasteiger partial charge is 0.489 e. The number of hydrogen-bond donors (Lipinski definition) is 3. The first kappa shape index (κ1) is 20.4. The predicted octanol–water partition coefficient (Wildman–Crippen LogP) is 2.19. The topological polar surface area (TPSA) is 136 Å². The number of benzene rings is 1. The number of primary amides is 1. The smallest absolute Gasteiger partial charge is 0.322 e. The number of carbonyl (C=O) groups is 3. The number of ether oxygens (including phenoxy) is 1. The van der Waals surface area contributed by atoms with Crippen molar-refractivity contribution in [2.24, 2.45) is 5.73 Å². The van der Waals surface area contributed by atoms with Crippen LogP contribution in [0.5, 0.6) is 5.75 Å². The molecule has 3 heterocycles. The zero-order chi connectivity index (χ0) is 21.8. The first-order valence-electron chi connectivity index (χ1n) is 9.20. The SMILES string of the molecule is NC(=O)c1ccncc1COc1ccc(Sc2ccncc2C2NC(=O)NC2=O)cc1. The van der Waals surface area contributed by atoms with Crippen molar-refractivity contribution in [3.05, 3.63) is 77.9 Å². The molecule has 1 aromatic carbocycles. The molecule has 0 bridgehead atoms. The highest BCUT2D eigenvalue weighted by Crippen LogP contribution is 2.34. The molecule has 1 atom stereocenters. The van der Waals surface area contributed by atoms with E-state index in [0.29, 0.717) is 22.4 Å². The Hall–Kier alpha value is -3.92. The number of nitrogens with two attached hydrogens (primary N) is 1. The van der Waals surface area contributed by atoms with E-state index in [1.54, 1.807) is 42.9 Å². The van der Waals surface area contributed by atoms with E-state index in [1.807, 2.05) is 12.1 Å². The molecule has 31 heavy (non-hydrogen) atoms. The Balaban J connectivity index is 1.45. The summed E-state index contributed by atoms with van der Waals surface area (Å²) in [4.78, 5) is 44.7. The quantitative estimate of drug-likeness (QED) is 0.484. The predicted molar refractivity (Wildman–Crippen MR) is 111 cm³/mol. The highest BCUT2D eigenvalue weighted by Gasteiger charge is 2.32. The van der Waals surface area contributed by atoms with Crippen LogP contribution in [0.25, 0.3) is 0 Å². The summed E-state index contributed by atoms with van der Waals surface area (Å²) in [6, 6.07) is 9.39. The number of carbonyl (C=O) groups excluding carboxylic acids is 3. The third kappa shape index (κ3) is 4.64. The molecule has 156 valence electrons. The Kier molecular flexibility index (Phi) is 5.80. The lowest BCUT2D eigenvalue weighted by molar-refractivity contribution is -0.120. The number of amides is 4. The van der Waals surface area contributed by atoms with E-state index in [2.05, 4.69) is 20.6 Å². The summed E-state index contributed by atoms with van der Waals surface area (Å²) in [6.07, 6.45) is 6.25. The molecule has 0 radical (unpaired) electrons. The lowest BCUT2D eigenvalue weighted by Crippen LogP contribution is -2.22. The molecule has 4 rings (SSSR count). The van der Waals surface area contributed by atoms with Gasteiger partial charge in [0.2, 0.25) is 5.91 Å². The molecule has 9 nitrogen and oxygen atoms in total. The molecule has 10 heteroatoms. The Morgan fingerprint density at radius 3 is 2.52 bits per heavy atom. The van der Waals surface area contributed by atoms with Crippen LogP contribution in [0.1, 0.15) is 27.5 Å². The number of imide groups is 1. The van der Waals surface area contributed by atoms with E-state index in [-0.39, 0.29) is 6.61 Å². The van der Waals surface area contributed by atoms with Crippen LogP contribution in [-0.4, -0.2) is 27.8 Å². The minimum absolute atomic E-state index is 0.156. The Morgan fingerprint density at radius 1 is 1.06 bits per heavy atom. The van der Waals surface area contributed by atoms with Crippen LogP contribution in [0, 0.1) is 0 Å². The molecule has 1 aliphatic heterocycles. The summed E-state index contributed by atoms with van der Waals surface area (Å²) in [5.74, 6) is -0.330. The number of nitrogens with zero attached hydrogens (tertiary/aromatic N) is 2. The van der Waals surface area contributed by atoms with Gasteiger partial charge in [-0.15, -0.1) is 0 Å².